The van der Waals surface area contributed by atoms with Gasteiger partial charge in [-0.2, -0.15) is 0 Å². The molecule has 0 bridgehead atoms. The van der Waals surface area contributed by atoms with Gasteiger partial charge >= 0.3 is 17.9 Å². The molecule has 1 atom stereocenters. The third kappa shape index (κ3) is 48.8. The van der Waals surface area contributed by atoms with E-state index in [9.17, 15) is 14.4 Å². The number of carbonyl (C=O) groups excluding carboxylic acids is 3. The van der Waals surface area contributed by atoms with Gasteiger partial charge in [0.1, 0.15) is 13.2 Å². The van der Waals surface area contributed by atoms with E-state index in [2.05, 4.69) is 45.1 Å². The first-order valence-electron chi connectivity index (χ1n) is 26.9. The van der Waals surface area contributed by atoms with E-state index in [0.717, 1.165) is 77.0 Å². The molecule has 6 nitrogen and oxygen atoms in total. The molecule has 0 fully saturated rings. The molecule has 0 aromatic heterocycles. The Morgan fingerprint density at radius 1 is 0.328 bits per heavy atom. The summed E-state index contributed by atoms with van der Waals surface area (Å²) in [6.45, 7) is 6.64. The van der Waals surface area contributed by atoms with Crippen molar-refractivity contribution >= 4 is 17.9 Å². The second kappa shape index (κ2) is 50.5. The molecular weight excluding hydrogens is 757 g/mol. The van der Waals surface area contributed by atoms with Crippen molar-refractivity contribution in [3.8, 4) is 0 Å². The highest BCUT2D eigenvalue weighted by molar-refractivity contribution is 5.71. The molecule has 0 saturated heterocycles. The van der Waals surface area contributed by atoms with E-state index in [1.165, 1.54) is 173 Å². The Morgan fingerprint density at radius 2 is 0.574 bits per heavy atom. The van der Waals surface area contributed by atoms with Gasteiger partial charge in [0.05, 0.1) is 0 Å². The molecule has 1 unspecified atom stereocenters. The molecule has 0 heterocycles. The lowest BCUT2D eigenvalue weighted by molar-refractivity contribution is -0.167. The maximum Gasteiger partial charge on any atom is 0.306 e. The molecule has 0 amide bonds. The van der Waals surface area contributed by atoms with Gasteiger partial charge in [-0.15, -0.1) is 0 Å². The number of hydrogen-bond donors (Lipinski definition) is 0. The van der Waals surface area contributed by atoms with Crippen molar-refractivity contribution < 1.29 is 28.6 Å². The van der Waals surface area contributed by atoms with Gasteiger partial charge in [0.15, 0.2) is 6.10 Å². The minimum atomic E-state index is -0.771. The fraction of sp³-hybridized carbons (Fsp3) is 0.873. The van der Waals surface area contributed by atoms with Crippen molar-refractivity contribution in [2.45, 2.75) is 297 Å². The van der Waals surface area contributed by atoms with Gasteiger partial charge in [0.2, 0.25) is 0 Å². The Hall–Kier alpha value is -2.11. The summed E-state index contributed by atoms with van der Waals surface area (Å²) in [7, 11) is 0. The highest BCUT2D eigenvalue weighted by Gasteiger charge is 2.19. The van der Waals surface area contributed by atoms with Crippen molar-refractivity contribution in [3.05, 3.63) is 24.3 Å². The summed E-state index contributed by atoms with van der Waals surface area (Å²) in [4.78, 5) is 37.9. The predicted molar refractivity (Wildman–Crippen MR) is 261 cm³/mol. The molecular formula is C55H102O6. The Kier molecular flexibility index (Phi) is 48.8. The Labute approximate surface area is 379 Å². The number of carbonyl (C=O) groups is 3. The zero-order valence-corrected chi connectivity index (χ0v) is 40.9. The third-order valence-electron chi connectivity index (χ3n) is 12.0. The minimum absolute atomic E-state index is 0.0715. The average Bonchev–Trinajstić information content (AvgIpc) is 3.26. The van der Waals surface area contributed by atoms with Gasteiger partial charge in [0.25, 0.3) is 0 Å². The molecule has 0 radical (unpaired) electrons. The zero-order chi connectivity index (χ0) is 44.4. The van der Waals surface area contributed by atoms with E-state index in [1.807, 2.05) is 0 Å². The van der Waals surface area contributed by atoms with Crippen molar-refractivity contribution in [2.24, 2.45) is 0 Å². The third-order valence-corrected chi connectivity index (χ3v) is 12.0. The summed E-state index contributed by atoms with van der Waals surface area (Å²) in [5.74, 6) is -0.873. The number of esters is 3. The van der Waals surface area contributed by atoms with E-state index in [-0.39, 0.29) is 31.1 Å². The van der Waals surface area contributed by atoms with E-state index in [0.29, 0.717) is 19.3 Å². The predicted octanol–water partition coefficient (Wildman–Crippen LogP) is 17.5. The highest BCUT2D eigenvalue weighted by Crippen LogP contribution is 2.16. The molecule has 0 aliphatic rings. The normalized spacial score (nSPS) is 12.1. The second-order valence-corrected chi connectivity index (χ2v) is 18.2. The van der Waals surface area contributed by atoms with Crippen LogP contribution in [0.15, 0.2) is 24.3 Å². The summed E-state index contributed by atoms with van der Waals surface area (Å²) in [5, 5.41) is 0. The van der Waals surface area contributed by atoms with E-state index in [1.54, 1.807) is 0 Å². The molecule has 0 saturated carbocycles. The van der Waals surface area contributed by atoms with Crippen LogP contribution in [0, 0.1) is 0 Å². The summed E-state index contributed by atoms with van der Waals surface area (Å²) in [5.41, 5.74) is 0. The molecule has 358 valence electrons. The molecule has 0 rings (SSSR count). The van der Waals surface area contributed by atoms with E-state index in [4.69, 9.17) is 14.2 Å². The minimum Gasteiger partial charge on any atom is -0.462 e. The van der Waals surface area contributed by atoms with Crippen molar-refractivity contribution in [2.75, 3.05) is 13.2 Å². The number of rotatable bonds is 49. The molecule has 0 aliphatic carbocycles. The molecule has 6 heteroatoms. The summed E-state index contributed by atoms with van der Waals surface area (Å²) < 4.78 is 16.8. The van der Waals surface area contributed by atoms with Gasteiger partial charge in [-0.25, -0.2) is 0 Å². The van der Waals surface area contributed by atoms with E-state index < -0.39 is 6.10 Å². The maximum absolute atomic E-state index is 12.8. The van der Waals surface area contributed by atoms with Crippen LogP contribution in [0.4, 0.5) is 0 Å². The van der Waals surface area contributed by atoms with Crippen molar-refractivity contribution in [1.82, 2.24) is 0 Å². The van der Waals surface area contributed by atoms with Gasteiger partial charge in [0, 0.05) is 19.3 Å². The first kappa shape index (κ1) is 58.9. The van der Waals surface area contributed by atoms with Crippen LogP contribution < -0.4 is 0 Å². The fourth-order valence-corrected chi connectivity index (χ4v) is 7.91. The maximum atomic E-state index is 12.8. The van der Waals surface area contributed by atoms with Gasteiger partial charge in [-0.3, -0.25) is 14.4 Å². The van der Waals surface area contributed by atoms with Crippen molar-refractivity contribution in [3.63, 3.8) is 0 Å². The van der Waals surface area contributed by atoms with Gasteiger partial charge in [-0.1, -0.05) is 251 Å². The molecule has 0 aromatic rings. The van der Waals surface area contributed by atoms with Crippen LogP contribution in [0.25, 0.3) is 0 Å². The standard InChI is InChI=1S/C55H102O6/c1-4-7-10-13-16-19-22-24-26-27-28-30-31-33-36-39-42-45-48-54(57)60-51-52(50-59-53(56)47-44-41-38-35-21-18-15-12-9-6-3)61-55(58)49-46-43-40-37-34-32-29-25-23-20-17-14-11-8-5-2/h26-28,30,52H,4-25,29,31-51H2,1-3H3/b27-26-,30-28-. The smallest absolute Gasteiger partial charge is 0.306 e. The fourth-order valence-electron chi connectivity index (χ4n) is 7.91. The number of ether oxygens (including phenoxy) is 3. The molecule has 61 heavy (non-hydrogen) atoms. The lowest BCUT2D eigenvalue weighted by atomic mass is 10.0. The Balaban J connectivity index is 4.32. The zero-order valence-electron chi connectivity index (χ0n) is 40.9. The van der Waals surface area contributed by atoms with Crippen LogP contribution >= 0.6 is 0 Å². The quantitative estimate of drug-likeness (QED) is 0.0262. The van der Waals surface area contributed by atoms with Crippen LogP contribution in [-0.2, 0) is 28.6 Å². The molecule has 0 spiro atoms. The number of unbranched alkanes of at least 4 members (excludes halogenated alkanes) is 35. The van der Waals surface area contributed by atoms with Crippen LogP contribution in [0.1, 0.15) is 290 Å². The van der Waals surface area contributed by atoms with Crippen LogP contribution in [0.3, 0.4) is 0 Å². The lowest BCUT2D eigenvalue weighted by Crippen LogP contribution is -2.30. The average molecular weight is 859 g/mol. The second-order valence-electron chi connectivity index (χ2n) is 18.2. The molecule has 0 N–H and O–H groups in total. The van der Waals surface area contributed by atoms with Crippen LogP contribution in [0.2, 0.25) is 0 Å². The number of hydrogen-bond acceptors (Lipinski definition) is 6. The van der Waals surface area contributed by atoms with Gasteiger partial charge < -0.3 is 14.2 Å². The topological polar surface area (TPSA) is 78.9 Å². The van der Waals surface area contributed by atoms with Crippen LogP contribution in [0.5, 0.6) is 0 Å². The van der Waals surface area contributed by atoms with Crippen LogP contribution in [-0.4, -0.2) is 37.2 Å². The SMILES string of the molecule is CCCCCCCCC/C=C\C=C/CCCCCCCC(=O)OCC(COC(=O)CCCCCCCCCCCC)OC(=O)CCCCCCCCCCCCCCCCC. The summed E-state index contributed by atoms with van der Waals surface area (Å²) in [6, 6.07) is 0. The van der Waals surface area contributed by atoms with Crippen molar-refractivity contribution in [1.29, 1.82) is 0 Å². The Bertz CT molecular complexity index is 989. The van der Waals surface area contributed by atoms with E-state index >= 15 is 0 Å². The monoisotopic (exact) mass is 859 g/mol. The summed E-state index contributed by atoms with van der Waals surface area (Å²) in [6.07, 6.45) is 57.3. The highest BCUT2D eigenvalue weighted by atomic mass is 16.6. The Morgan fingerprint density at radius 3 is 0.869 bits per heavy atom. The molecule has 0 aliphatic heterocycles. The first-order chi connectivity index (χ1) is 30.0. The van der Waals surface area contributed by atoms with Gasteiger partial charge in [-0.05, 0) is 44.9 Å². The molecule has 0 aromatic carbocycles. The lowest BCUT2D eigenvalue weighted by Gasteiger charge is -2.18. The largest absolute Gasteiger partial charge is 0.462 e. The number of allylic oxidation sites excluding steroid dienone is 4. The summed E-state index contributed by atoms with van der Waals surface area (Å²) >= 11 is 0. The first-order valence-corrected chi connectivity index (χ1v) is 26.9.